The first-order valence-electron chi connectivity index (χ1n) is 5.12. The minimum absolute atomic E-state index is 0.132. The van der Waals surface area contributed by atoms with Crippen molar-refractivity contribution in [2.24, 2.45) is 0 Å². The first kappa shape index (κ1) is 9.10. The highest BCUT2D eigenvalue weighted by Crippen LogP contribution is 2.39. The van der Waals surface area contributed by atoms with Crippen LogP contribution < -0.4 is 0 Å². The van der Waals surface area contributed by atoms with Crippen molar-refractivity contribution in [3.05, 3.63) is 46.1 Å². The van der Waals surface area contributed by atoms with E-state index in [0.29, 0.717) is 0 Å². The molecule has 3 rings (SSSR count). The lowest BCUT2D eigenvalue weighted by atomic mass is 9.91. The molecule has 1 aliphatic rings. The van der Waals surface area contributed by atoms with Crippen LogP contribution in [0.25, 0.3) is 10.4 Å². The van der Waals surface area contributed by atoms with E-state index in [9.17, 15) is 4.39 Å². The van der Waals surface area contributed by atoms with Gasteiger partial charge in [0.1, 0.15) is 5.82 Å². The lowest BCUT2D eigenvalue weighted by Gasteiger charge is -2.15. The van der Waals surface area contributed by atoms with Gasteiger partial charge >= 0.3 is 0 Å². The standard InChI is InChI=1S/C13H11FS/c1-8-6-10-3-2-9-4-5-11(14)7-12(9)13(10)15-8/h4-7H,2-3H2,1H3. The van der Waals surface area contributed by atoms with E-state index in [-0.39, 0.29) is 5.82 Å². The number of hydrogen-bond acceptors (Lipinski definition) is 1. The van der Waals surface area contributed by atoms with E-state index in [2.05, 4.69) is 13.0 Å². The highest BCUT2D eigenvalue weighted by Gasteiger charge is 2.18. The Hall–Kier alpha value is -1.15. The average molecular weight is 218 g/mol. The van der Waals surface area contributed by atoms with Crippen molar-refractivity contribution in [1.29, 1.82) is 0 Å². The molecule has 76 valence electrons. The molecule has 0 spiro atoms. The predicted octanol–water partition coefficient (Wildman–Crippen LogP) is 3.96. The van der Waals surface area contributed by atoms with E-state index in [0.717, 1.165) is 18.4 Å². The summed E-state index contributed by atoms with van der Waals surface area (Å²) in [6.45, 7) is 2.11. The van der Waals surface area contributed by atoms with Crippen LogP contribution in [-0.4, -0.2) is 0 Å². The number of fused-ring (bicyclic) bond motifs is 3. The quantitative estimate of drug-likeness (QED) is 0.628. The van der Waals surface area contributed by atoms with Gasteiger partial charge in [0.15, 0.2) is 0 Å². The van der Waals surface area contributed by atoms with Gasteiger partial charge in [-0.2, -0.15) is 0 Å². The summed E-state index contributed by atoms with van der Waals surface area (Å²) in [4.78, 5) is 2.59. The average Bonchev–Trinajstić information content (AvgIpc) is 2.58. The van der Waals surface area contributed by atoms with Gasteiger partial charge in [-0.15, -0.1) is 11.3 Å². The minimum atomic E-state index is -0.132. The monoisotopic (exact) mass is 218 g/mol. The molecule has 0 saturated heterocycles. The Morgan fingerprint density at radius 1 is 1.13 bits per heavy atom. The normalized spacial score (nSPS) is 13.5. The summed E-state index contributed by atoms with van der Waals surface area (Å²) in [7, 11) is 0. The molecule has 1 aromatic carbocycles. The Kier molecular flexibility index (Phi) is 1.93. The molecular weight excluding hydrogens is 207 g/mol. The van der Waals surface area contributed by atoms with E-state index < -0.39 is 0 Å². The summed E-state index contributed by atoms with van der Waals surface area (Å²) < 4.78 is 13.2. The van der Waals surface area contributed by atoms with Crippen molar-refractivity contribution in [3.63, 3.8) is 0 Å². The fourth-order valence-electron chi connectivity index (χ4n) is 2.23. The summed E-state index contributed by atoms with van der Waals surface area (Å²) >= 11 is 1.77. The SMILES string of the molecule is Cc1cc2c(s1)-c1cc(F)ccc1CC2. The molecule has 0 atom stereocenters. The van der Waals surface area contributed by atoms with Crippen molar-refractivity contribution < 1.29 is 4.39 Å². The highest BCUT2D eigenvalue weighted by atomic mass is 32.1. The molecule has 15 heavy (non-hydrogen) atoms. The molecule has 0 saturated carbocycles. The van der Waals surface area contributed by atoms with Crippen LogP contribution in [0, 0.1) is 12.7 Å². The Morgan fingerprint density at radius 2 is 1.93 bits per heavy atom. The fourth-order valence-corrected chi connectivity index (χ4v) is 3.34. The van der Waals surface area contributed by atoms with E-state index in [1.165, 1.54) is 20.9 Å². The second kappa shape index (κ2) is 3.17. The number of rotatable bonds is 0. The Morgan fingerprint density at radius 3 is 2.80 bits per heavy atom. The molecule has 0 fully saturated rings. The highest BCUT2D eigenvalue weighted by molar-refractivity contribution is 7.15. The van der Waals surface area contributed by atoms with Gasteiger partial charge in [0.25, 0.3) is 0 Å². The van der Waals surface area contributed by atoms with Crippen molar-refractivity contribution in [3.8, 4) is 10.4 Å². The Balaban J connectivity index is 2.27. The van der Waals surface area contributed by atoms with Crippen LogP contribution in [0.3, 0.4) is 0 Å². The van der Waals surface area contributed by atoms with Crippen LogP contribution in [0.2, 0.25) is 0 Å². The molecule has 0 radical (unpaired) electrons. The number of hydrogen-bond donors (Lipinski definition) is 0. The molecule has 0 unspecified atom stereocenters. The molecule has 1 aromatic heterocycles. The van der Waals surface area contributed by atoms with Crippen LogP contribution in [0.4, 0.5) is 4.39 Å². The second-order valence-corrected chi connectivity index (χ2v) is 5.27. The van der Waals surface area contributed by atoms with Crippen LogP contribution in [-0.2, 0) is 12.8 Å². The maximum Gasteiger partial charge on any atom is 0.123 e. The maximum absolute atomic E-state index is 13.2. The van der Waals surface area contributed by atoms with Crippen molar-refractivity contribution in [1.82, 2.24) is 0 Å². The summed E-state index contributed by atoms with van der Waals surface area (Å²) in [5.41, 5.74) is 3.77. The molecule has 0 amide bonds. The Labute approximate surface area is 92.4 Å². The molecule has 0 aliphatic heterocycles. The first-order valence-corrected chi connectivity index (χ1v) is 5.94. The van der Waals surface area contributed by atoms with Gasteiger partial charge in [0, 0.05) is 9.75 Å². The van der Waals surface area contributed by atoms with Gasteiger partial charge in [0.05, 0.1) is 0 Å². The molecule has 0 nitrogen and oxygen atoms in total. The summed E-state index contributed by atoms with van der Waals surface area (Å²) in [5.74, 6) is -0.132. The summed E-state index contributed by atoms with van der Waals surface area (Å²) in [6.07, 6.45) is 2.14. The van der Waals surface area contributed by atoms with E-state index in [4.69, 9.17) is 0 Å². The second-order valence-electron chi connectivity index (χ2n) is 4.01. The fraction of sp³-hybridized carbons (Fsp3) is 0.231. The van der Waals surface area contributed by atoms with Crippen molar-refractivity contribution >= 4 is 11.3 Å². The van der Waals surface area contributed by atoms with E-state index in [1.54, 1.807) is 23.5 Å². The van der Waals surface area contributed by atoms with Crippen molar-refractivity contribution in [2.75, 3.05) is 0 Å². The molecular formula is C13H11FS. The lowest BCUT2D eigenvalue weighted by Crippen LogP contribution is -2.01. The molecule has 1 aliphatic carbocycles. The zero-order valence-corrected chi connectivity index (χ0v) is 9.33. The predicted molar refractivity (Wildman–Crippen MR) is 61.9 cm³/mol. The summed E-state index contributed by atoms with van der Waals surface area (Å²) in [6, 6.07) is 7.38. The van der Waals surface area contributed by atoms with Crippen LogP contribution in [0.1, 0.15) is 16.0 Å². The largest absolute Gasteiger partial charge is 0.207 e. The van der Waals surface area contributed by atoms with Crippen LogP contribution in [0.5, 0.6) is 0 Å². The lowest BCUT2D eigenvalue weighted by molar-refractivity contribution is 0.627. The van der Waals surface area contributed by atoms with E-state index >= 15 is 0 Å². The Bertz CT molecular complexity index is 525. The van der Waals surface area contributed by atoms with Gasteiger partial charge in [-0.25, -0.2) is 4.39 Å². The third kappa shape index (κ3) is 1.40. The van der Waals surface area contributed by atoms with Gasteiger partial charge in [-0.1, -0.05) is 6.07 Å². The zero-order valence-electron chi connectivity index (χ0n) is 8.51. The zero-order chi connectivity index (χ0) is 10.4. The van der Waals surface area contributed by atoms with Gasteiger partial charge in [0.2, 0.25) is 0 Å². The van der Waals surface area contributed by atoms with Crippen molar-refractivity contribution in [2.45, 2.75) is 19.8 Å². The van der Waals surface area contributed by atoms with Gasteiger partial charge in [-0.3, -0.25) is 0 Å². The van der Waals surface area contributed by atoms with Gasteiger partial charge < -0.3 is 0 Å². The molecule has 0 bridgehead atoms. The summed E-state index contributed by atoms with van der Waals surface area (Å²) in [5, 5.41) is 0. The topological polar surface area (TPSA) is 0 Å². The van der Waals surface area contributed by atoms with Gasteiger partial charge in [-0.05, 0) is 54.7 Å². The van der Waals surface area contributed by atoms with E-state index in [1.807, 2.05) is 6.07 Å². The van der Waals surface area contributed by atoms with Crippen LogP contribution >= 0.6 is 11.3 Å². The number of thiophene rings is 1. The number of halogens is 1. The first-order chi connectivity index (χ1) is 7.24. The molecule has 0 N–H and O–H groups in total. The smallest absolute Gasteiger partial charge is 0.123 e. The third-order valence-corrected chi connectivity index (χ3v) is 4.04. The number of aryl methyl sites for hydroxylation is 3. The molecule has 2 aromatic rings. The third-order valence-electron chi connectivity index (χ3n) is 2.91. The van der Waals surface area contributed by atoms with Crippen LogP contribution in [0.15, 0.2) is 24.3 Å². The number of benzene rings is 1. The maximum atomic E-state index is 13.2. The molecule has 1 heterocycles. The minimum Gasteiger partial charge on any atom is -0.207 e. The molecule has 2 heteroatoms.